The van der Waals surface area contributed by atoms with Gasteiger partial charge >= 0.3 is 0 Å². The van der Waals surface area contributed by atoms with E-state index in [2.05, 4.69) is 20.1 Å². The lowest BCUT2D eigenvalue weighted by Crippen LogP contribution is -2.51. The first-order valence-electron chi connectivity index (χ1n) is 10.1. The highest BCUT2D eigenvalue weighted by Crippen LogP contribution is 2.26. The highest BCUT2D eigenvalue weighted by atomic mass is 16.4. The average molecular weight is 409 g/mol. The normalized spacial score (nSPS) is 14.8. The maximum Gasteiger partial charge on any atom is 0.268 e. The van der Waals surface area contributed by atoms with Crippen molar-refractivity contribution in [3.05, 3.63) is 42.2 Å². The summed E-state index contributed by atoms with van der Waals surface area (Å²) in [5, 5.41) is 8.34. The van der Waals surface area contributed by atoms with E-state index >= 15 is 0 Å². The van der Waals surface area contributed by atoms with Gasteiger partial charge in [-0.25, -0.2) is 4.98 Å². The van der Waals surface area contributed by atoms with Gasteiger partial charge in [0.1, 0.15) is 5.82 Å². The average Bonchev–Trinajstić information content (AvgIpc) is 3.24. The zero-order valence-corrected chi connectivity index (χ0v) is 17.8. The van der Waals surface area contributed by atoms with E-state index in [1.54, 1.807) is 6.20 Å². The fraction of sp³-hybridized carbons (Fsp3) is 0.409. The number of anilines is 1. The Labute approximate surface area is 177 Å². The number of piperazine rings is 1. The minimum Gasteiger partial charge on any atom is -0.415 e. The van der Waals surface area contributed by atoms with Crippen LogP contribution in [0.5, 0.6) is 0 Å². The molecule has 0 aliphatic carbocycles. The molecule has 0 bridgehead atoms. The minimum absolute atomic E-state index is 0. The fourth-order valence-electron chi connectivity index (χ4n) is 3.42. The van der Waals surface area contributed by atoms with Crippen molar-refractivity contribution in [2.24, 2.45) is 5.41 Å². The van der Waals surface area contributed by atoms with E-state index in [0.29, 0.717) is 43.7 Å². The van der Waals surface area contributed by atoms with Crippen LogP contribution in [0.25, 0.3) is 23.0 Å². The summed E-state index contributed by atoms with van der Waals surface area (Å²) in [4.78, 5) is 25.8. The minimum atomic E-state index is -0.368. The van der Waals surface area contributed by atoms with Crippen molar-refractivity contribution in [2.45, 2.75) is 27.7 Å². The Morgan fingerprint density at radius 1 is 1.03 bits per heavy atom. The lowest BCUT2D eigenvalue weighted by Gasteiger charge is -2.38. The molecule has 0 radical (unpaired) electrons. The van der Waals surface area contributed by atoms with Gasteiger partial charge in [0.15, 0.2) is 5.69 Å². The quantitative estimate of drug-likeness (QED) is 0.656. The van der Waals surface area contributed by atoms with Crippen LogP contribution >= 0.6 is 0 Å². The molecule has 4 rings (SSSR count). The van der Waals surface area contributed by atoms with Crippen molar-refractivity contribution < 1.29 is 10.6 Å². The first kappa shape index (κ1) is 20.0. The van der Waals surface area contributed by atoms with Gasteiger partial charge in [-0.2, -0.15) is 0 Å². The maximum absolute atomic E-state index is 12.5. The van der Waals surface area contributed by atoms with E-state index in [0.717, 1.165) is 17.1 Å². The van der Waals surface area contributed by atoms with Gasteiger partial charge in [0.05, 0.1) is 11.9 Å². The largest absolute Gasteiger partial charge is 0.415 e. The second-order valence-corrected chi connectivity index (χ2v) is 8.47. The van der Waals surface area contributed by atoms with E-state index in [4.69, 9.17) is 9.40 Å². The Bertz CT molecular complexity index is 1040. The molecule has 0 saturated carbocycles. The van der Waals surface area contributed by atoms with Gasteiger partial charge in [-0.15, -0.1) is 10.2 Å². The van der Waals surface area contributed by atoms with Crippen LogP contribution in [0.2, 0.25) is 0 Å². The molecule has 1 aromatic carbocycles. The first-order chi connectivity index (χ1) is 14.3. The van der Waals surface area contributed by atoms with Crippen LogP contribution in [-0.4, -0.2) is 57.2 Å². The molecule has 3 aromatic rings. The molecule has 30 heavy (non-hydrogen) atoms. The van der Waals surface area contributed by atoms with Crippen LogP contribution in [0.4, 0.5) is 5.82 Å². The summed E-state index contributed by atoms with van der Waals surface area (Å²) in [6, 6.07) is 9.63. The number of amides is 1. The lowest BCUT2D eigenvalue weighted by atomic mass is 9.94. The maximum atomic E-state index is 12.5. The van der Waals surface area contributed by atoms with Crippen molar-refractivity contribution >= 4 is 11.7 Å². The smallest absolute Gasteiger partial charge is 0.268 e. The zero-order valence-electron chi connectivity index (χ0n) is 17.8. The van der Waals surface area contributed by atoms with Crippen molar-refractivity contribution in [2.75, 3.05) is 31.1 Å². The Kier molecular flexibility index (Phi) is 5.24. The molecule has 8 heteroatoms. The molecule has 1 amide bonds. The number of nitrogens with zero attached hydrogens (tertiary/aromatic N) is 6. The van der Waals surface area contributed by atoms with Gasteiger partial charge < -0.3 is 14.2 Å². The predicted molar refractivity (Wildman–Crippen MR) is 116 cm³/mol. The summed E-state index contributed by atoms with van der Waals surface area (Å²) in [5.74, 6) is 1.73. The van der Waals surface area contributed by atoms with Crippen LogP contribution in [0.15, 0.2) is 40.9 Å². The third kappa shape index (κ3) is 4.03. The van der Waals surface area contributed by atoms with Crippen LogP contribution in [0.3, 0.4) is 0 Å². The number of rotatable bonds is 3. The first-order valence-corrected chi connectivity index (χ1v) is 10.1. The van der Waals surface area contributed by atoms with E-state index in [9.17, 15) is 4.79 Å². The van der Waals surface area contributed by atoms with Gasteiger partial charge in [-0.05, 0) is 19.1 Å². The summed E-state index contributed by atoms with van der Waals surface area (Å²) >= 11 is 0. The van der Waals surface area contributed by atoms with Crippen molar-refractivity contribution in [1.82, 2.24) is 25.1 Å². The molecular weight excluding hydrogens is 380 g/mol. The molecule has 1 saturated heterocycles. The number of benzene rings is 1. The SMILES string of the molecule is Cc1ncc(N2CCN(C(=O)C(C)(C)C)CC2)nc1-c1nnc(-c2ccccc2)o1.[HH]. The third-order valence-corrected chi connectivity index (χ3v) is 5.12. The number of carbonyl (C=O) groups is 1. The van der Waals surface area contributed by atoms with Crippen LogP contribution < -0.4 is 4.90 Å². The second-order valence-electron chi connectivity index (χ2n) is 8.47. The Hall–Kier alpha value is -3.29. The summed E-state index contributed by atoms with van der Waals surface area (Å²) in [7, 11) is 0. The third-order valence-electron chi connectivity index (χ3n) is 5.12. The highest BCUT2D eigenvalue weighted by molar-refractivity contribution is 5.81. The van der Waals surface area contributed by atoms with Gasteiger partial charge in [-0.3, -0.25) is 9.78 Å². The summed E-state index contributed by atoms with van der Waals surface area (Å²) in [6.45, 7) is 10.5. The Morgan fingerprint density at radius 3 is 2.37 bits per heavy atom. The Balaban J connectivity index is 0.00000272. The van der Waals surface area contributed by atoms with E-state index < -0.39 is 0 Å². The van der Waals surface area contributed by atoms with Gasteiger partial charge in [-0.1, -0.05) is 39.0 Å². The Morgan fingerprint density at radius 2 is 1.70 bits per heavy atom. The molecule has 2 aromatic heterocycles. The molecule has 1 aliphatic rings. The lowest BCUT2D eigenvalue weighted by molar-refractivity contribution is -0.139. The predicted octanol–water partition coefficient (Wildman–Crippen LogP) is 3.44. The molecule has 0 spiro atoms. The molecule has 0 unspecified atom stereocenters. The highest BCUT2D eigenvalue weighted by Gasteiger charge is 2.30. The topological polar surface area (TPSA) is 88.3 Å². The number of carbonyl (C=O) groups excluding carboxylic acids is 1. The number of aromatic nitrogens is 4. The molecular formula is C22H28N6O2. The molecule has 0 atom stereocenters. The van der Waals surface area contributed by atoms with Crippen LogP contribution in [0.1, 0.15) is 27.9 Å². The number of hydrogen-bond acceptors (Lipinski definition) is 7. The van der Waals surface area contributed by atoms with Crippen LogP contribution in [-0.2, 0) is 4.79 Å². The zero-order chi connectivity index (χ0) is 21.3. The molecule has 0 N–H and O–H groups in total. The van der Waals surface area contributed by atoms with Crippen molar-refractivity contribution in [3.63, 3.8) is 0 Å². The molecule has 158 valence electrons. The molecule has 1 fully saturated rings. The standard InChI is InChI=1S/C22H26N6O2.H2/c1-15-18(20-26-25-19(30-20)16-8-6-5-7-9-16)24-17(14-23-15)27-10-12-28(13-11-27)21(29)22(2,3)4;/h5-9,14H,10-13H2,1-4H3;1H. The molecule has 8 nitrogen and oxygen atoms in total. The monoisotopic (exact) mass is 408 g/mol. The van der Waals surface area contributed by atoms with E-state index in [1.807, 2.05) is 62.9 Å². The van der Waals surface area contributed by atoms with Crippen molar-refractivity contribution in [1.29, 1.82) is 0 Å². The van der Waals surface area contributed by atoms with Gasteiger partial charge in [0.25, 0.3) is 5.89 Å². The summed E-state index contributed by atoms with van der Waals surface area (Å²) in [6.07, 6.45) is 1.76. The molecule has 3 heterocycles. The van der Waals surface area contributed by atoms with Gasteiger partial charge in [0, 0.05) is 38.6 Å². The summed E-state index contributed by atoms with van der Waals surface area (Å²) in [5.41, 5.74) is 1.80. The van der Waals surface area contributed by atoms with Gasteiger partial charge in [0.2, 0.25) is 11.8 Å². The van der Waals surface area contributed by atoms with E-state index in [1.165, 1.54) is 0 Å². The number of hydrogen-bond donors (Lipinski definition) is 0. The van der Waals surface area contributed by atoms with Crippen molar-refractivity contribution in [3.8, 4) is 23.0 Å². The summed E-state index contributed by atoms with van der Waals surface area (Å²) < 4.78 is 5.87. The fourth-order valence-corrected chi connectivity index (χ4v) is 3.42. The van der Waals surface area contributed by atoms with Crippen LogP contribution in [0, 0.1) is 12.3 Å². The number of aryl methyl sites for hydroxylation is 1. The van der Waals surface area contributed by atoms with E-state index in [-0.39, 0.29) is 12.7 Å². The second kappa shape index (κ2) is 7.85. The molecule has 1 aliphatic heterocycles.